The molecule has 0 aliphatic carbocycles. The summed E-state index contributed by atoms with van der Waals surface area (Å²) in [4.78, 5) is 13.0. The molecule has 0 aromatic heterocycles. The Bertz CT molecular complexity index is 487. The van der Waals surface area contributed by atoms with Crippen LogP contribution in [0.5, 0.6) is 0 Å². The zero-order valence-electron chi connectivity index (χ0n) is 10.7. The number of rotatable bonds is 2. The monoisotopic (exact) mass is 285 g/mol. The van der Waals surface area contributed by atoms with Crippen molar-refractivity contribution < 1.29 is 9.18 Å². The highest BCUT2D eigenvalue weighted by atomic mass is 35.5. The fraction of sp³-hybridized carbons (Fsp3) is 0.462. The molecule has 0 spiro atoms. The molecule has 19 heavy (non-hydrogen) atoms. The SMILES string of the molecule is CC(=O)NC1CCN(c2cc(F)c(Cl)cc2N)CC1. The van der Waals surface area contributed by atoms with Gasteiger partial charge in [0.2, 0.25) is 5.91 Å². The maximum absolute atomic E-state index is 13.5. The molecular weight excluding hydrogens is 269 g/mol. The van der Waals surface area contributed by atoms with Gasteiger partial charge >= 0.3 is 0 Å². The quantitative estimate of drug-likeness (QED) is 0.819. The van der Waals surface area contributed by atoms with Crippen molar-refractivity contribution in [2.75, 3.05) is 23.7 Å². The van der Waals surface area contributed by atoms with Crippen molar-refractivity contribution in [2.24, 2.45) is 0 Å². The van der Waals surface area contributed by atoms with Crippen molar-refractivity contribution in [3.05, 3.63) is 23.0 Å². The molecule has 0 radical (unpaired) electrons. The first-order chi connectivity index (χ1) is 8.97. The summed E-state index contributed by atoms with van der Waals surface area (Å²) in [7, 11) is 0. The molecule has 2 rings (SSSR count). The predicted octanol–water partition coefficient (Wildman–Crippen LogP) is 2.17. The van der Waals surface area contributed by atoms with Gasteiger partial charge < -0.3 is 16.0 Å². The van der Waals surface area contributed by atoms with E-state index in [1.807, 2.05) is 4.90 Å². The second-order valence-corrected chi connectivity index (χ2v) is 5.19. The Hall–Kier alpha value is -1.49. The molecule has 3 N–H and O–H groups in total. The van der Waals surface area contributed by atoms with Crippen molar-refractivity contribution >= 4 is 28.9 Å². The number of hydrogen-bond acceptors (Lipinski definition) is 3. The van der Waals surface area contributed by atoms with Crippen LogP contribution in [0.2, 0.25) is 5.02 Å². The van der Waals surface area contributed by atoms with Crippen molar-refractivity contribution in [1.29, 1.82) is 0 Å². The van der Waals surface area contributed by atoms with Crippen LogP contribution >= 0.6 is 11.6 Å². The van der Waals surface area contributed by atoms with E-state index < -0.39 is 5.82 Å². The van der Waals surface area contributed by atoms with Gasteiger partial charge in [0.05, 0.1) is 16.4 Å². The molecule has 1 amide bonds. The Morgan fingerprint density at radius 1 is 1.47 bits per heavy atom. The molecule has 1 heterocycles. The molecule has 0 saturated carbocycles. The Morgan fingerprint density at radius 2 is 2.11 bits per heavy atom. The smallest absolute Gasteiger partial charge is 0.217 e. The Labute approximate surface area is 116 Å². The number of nitrogens with one attached hydrogen (secondary N) is 1. The molecule has 4 nitrogen and oxygen atoms in total. The first kappa shape index (κ1) is 13.9. The van der Waals surface area contributed by atoms with Gasteiger partial charge in [-0.3, -0.25) is 4.79 Å². The van der Waals surface area contributed by atoms with Crippen LogP contribution < -0.4 is 16.0 Å². The molecule has 1 aliphatic heterocycles. The second kappa shape index (κ2) is 5.65. The lowest BCUT2D eigenvalue weighted by Gasteiger charge is -2.34. The molecule has 104 valence electrons. The van der Waals surface area contributed by atoms with Crippen molar-refractivity contribution in [3.63, 3.8) is 0 Å². The van der Waals surface area contributed by atoms with Crippen molar-refractivity contribution in [1.82, 2.24) is 5.32 Å². The van der Waals surface area contributed by atoms with E-state index in [9.17, 15) is 9.18 Å². The lowest BCUT2D eigenvalue weighted by Crippen LogP contribution is -2.44. The van der Waals surface area contributed by atoms with E-state index in [0.29, 0.717) is 11.4 Å². The van der Waals surface area contributed by atoms with Crippen LogP contribution in [0.15, 0.2) is 12.1 Å². The number of anilines is 2. The van der Waals surface area contributed by atoms with Gasteiger partial charge in [0.15, 0.2) is 0 Å². The zero-order valence-corrected chi connectivity index (χ0v) is 11.5. The lowest BCUT2D eigenvalue weighted by molar-refractivity contribution is -0.119. The van der Waals surface area contributed by atoms with Gasteiger partial charge in [-0.25, -0.2) is 4.39 Å². The van der Waals surface area contributed by atoms with Crippen LogP contribution in [0.1, 0.15) is 19.8 Å². The molecule has 0 atom stereocenters. The number of nitrogens with zero attached hydrogens (tertiary/aromatic N) is 1. The number of amides is 1. The maximum Gasteiger partial charge on any atom is 0.217 e. The minimum atomic E-state index is -0.463. The van der Waals surface area contributed by atoms with Gasteiger partial charge in [-0.2, -0.15) is 0 Å². The van der Waals surface area contributed by atoms with E-state index in [1.54, 1.807) is 0 Å². The number of piperidine rings is 1. The lowest BCUT2D eigenvalue weighted by atomic mass is 10.0. The van der Waals surface area contributed by atoms with Crippen LogP contribution in [-0.4, -0.2) is 25.0 Å². The minimum Gasteiger partial charge on any atom is -0.397 e. The number of halogens is 2. The summed E-state index contributed by atoms with van der Waals surface area (Å²) in [6.07, 6.45) is 1.65. The molecule has 6 heteroatoms. The van der Waals surface area contributed by atoms with E-state index in [4.69, 9.17) is 17.3 Å². The first-order valence-electron chi connectivity index (χ1n) is 6.24. The highest BCUT2D eigenvalue weighted by Crippen LogP contribution is 2.31. The summed E-state index contributed by atoms with van der Waals surface area (Å²) in [5.41, 5.74) is 7.02. The van der Waals surface area contributed by atoms with Crippen LogP contribution in [0, 0.1) is 5.82 Å². The molecule has 0 bridgehead atoms. The van der Waals surface area contributed by atoms with Crippen molar-refractivity contribution in [3.8, 4) is 0 Å². The van der Waals surface area contributed by atoms with Gasteiger partial charge in [0, 0.05) is 32.1 Å². The van der Waals surface area contributed by atoms with Gasteiger partial charge in [0.1, 0.15) is 5.82 Å². The molecule has 1 aromatic rings. The zero-order chi connectivity index (χ0) is 14.0. The average Bonchev–Trinajstić information content (AvgIpc) is 2.34. The molecule has 1 aromatic carbocycles. The fourth-order valence-electron chi connectivity index (χ4n) is 2.38. The van der Waals surface area contributed by atoms with E-state index in [0.717, 1.165) is 25.9 Å². The molecular formula is C13H17ClFN3O. The van der Waals surface area contributed by atoms with Gasteiger partial charge in [-0.1, -0.05) is 11.6 Å². The normalized spacial score (nSPS) is 16.5. The van der Waals surface area contributed by atoms with Crippen LogP contribution in [0.4, 0.5) is 15.8 Å². The van der Waals surface area contributed by atoms with Gasteiger partial charge in [0.25, 0.3) is 0 Å². The number of carbonyl (C=O) groups is 1. The minimum absolute atomic E-state index is 0.0181. The molecule has 1 saturated heterocycles. The molecule has 1 aliphatic rings. The summed E-state index contributed by atoms with van der Waals surface area (Å²) in [5.74, 6) is -0.481. The van der Waals surface area contributed by atoms with E-state index in [-0.39, 0.29) is 17.0 Å². The van der Waals surface area contributed by atoms with Crippen LogP contribution in [-0.2, 0) is 4.79 Å². The third-order valence-corrected chi connectivity index (χ3v) is 3.60. The number of carbonyl (C=O) groups excluding carboxylic acids is 1. The summed E-state index contributed by atoms with van der Waals surface area (Å²) in [5, 5.41) is 2.93. The Morgan fingerprint density at radius 3 is 2.68 bits per heavy atom. The van der Waals surface area contributed by atoms with E-state index >= 15 is 0 Å². The molecule has 1 fully saturated rings. The second-order valence-electron chi connectivity index (χ2n) is 4.79. The maximum atomic E-state index is 13.5. The fourth-order valence-corrected chi connectivity index (χ4v) is 2.55. The largest absolute Gasteiger partial charge is 0.397 e. The molecule has 0 unspecified atom stereocenters. The topological polar surface area (TPSA) is 58.4 Å². The van der Waals surface area contributed by atoms with Gasteiger partial charge in [-0.15, -0.1) is 0 Å². The number of nitrogen functional groups attached to an aromatic ring is 1. The third-order valence-electron chi connectivity index (χ3n) is 3.31. The Kier molecular flexibility index (Phi) is 4.14. The van der Waals surface area contributed by atoms with E-state index in [1.165, 1.54) is 19.1 Å². The van der Waals surface area contributed by atoms with E-state index in [2.05, 4.69) is 5.32 Å². The highest BCUT2D eigenvalue weighted by Gasteiger charge is 2.22. The predicted molar refractivity (Wildman–Crippen MR) is 74.9 cm³/mol. The number of hydrogen-bond donors (Lipinski definition) is 2. The number of nitrogens with two attached hydrogens (primary N) is 1. The standard InChI is InChI=1S/C13H17ClFN3O/c1-8(19)17-9-2-4-18(5-3-9)13-7-11(15)10(14)6-12(13)16/h6-7,9H,2-5,16H2,1H3,(H,17,19). The summed E-state index contributed by atoms with van der Waals surface area (Å²) >= 11 is 5.68. The summed E-state index contributed by atoms with van der Waals surface area (Å²) in [6, 6.07) is 3.00. The Balaban J connectivity index is 2.05. The summed E-state index contributed by atoms with van der Waals surface area (Å²) < 4.78 is 13.5. The van der Waals surface area contributed by atoms with Crippen LogP contribution in [0.3, 0.4) is 0 Å². The third kappa shape index (κ3) is 3.29. The van der Waals surface area contributed by atoms with Gasteiger partial charge in [-0.05, 0) is 18.9 Å². The summed E-state index contributed by atoms with van der Waals surface area (Å²) in [6.45, 7) is 2.98. The van der Waals surface area contributed by atoms with Crippen LogP contribution in [0.25, 0.3) is 0 Å². The first-order valence-corrected chi connectivity index (χ1v) is 6.61. The highest BCUT2D eigenvalue weighted by molar-refractivity contribution is 6.31. The van der Waals surface area contributed by atoms with Crippen molar-refractivity contribution in [2.45, 2.75) is 25.8 Å². The number of benzene rings is 1. The average molecular weight is 286 g/mol.